The molecule has 2 aromatic rings. The second kappa shape index (κ2) is 7.52. The summed E-state index contributed by atoms with van der Waals surface area (Å²) in [7, 11) is 1.35. The number of hydrogen-bond donors (Lipinski definition) is 0. The number of rotatable bonds is 4. The van der Waals surface area contributed by atoms with Crippen LogP contribution in [0.4, 0.5) is 0 Å². The smallest absolute Gasteiger partial charge is 0.317 e. The number of methoxy groups -OCH3 is 1. The molecular formula is C17H18N2O5S. The van der Waals surface area contributed by atoms with Crippen molar-refractivity contribution in [2.45, 2.75) is 19.9 Å². The average molecular weight is 362 g/mol. The number of amides is 1. The van der Waals surface area contributed by atoms with Gasteiger partial charge in [-0.15, -0.1) is 0 Å². The molecule has 7 nitrogen and oxygen atoms in total. The first-order valence-electron chi connectivity index (χ1n) is 7.79. The largest absolute Gasteiger partial charge is 0.494 e. The van der Waals surface area contributed by atoms with E-state index < -0.39 is 5.91 Å². The van der Waals surface area contributed by atoms with Gasteiger partial charge in [0.15, 0.2) is 4.80 Å². The van der Waals surface area contributed by atoms with Crippen LogP contribution >= 0.6 is 11.3 Å². The molecule has 0 atom stereocenters. The second-order valence-electron chi connectivity index (χ2n) is 5.45. The van der Waals surface area contributed by atoms with E-state index >= 15 is 0 Å². The first-order valence-corrected chi connectivity index (χ1v) is 8.60. The lowest BCUT2D eigenvalue weighted by molar-refractivity contribution is -0.140. The number of nitrogens with zero attached hydrogens (tertiary/aromatic N) is 2. The Balaban J connectivity index is 2.02. The molecule has 8 heteroatoms. The van der Waals surface area contributed by atoms with Crippen LogP contribution in [0.1, 0.15) is 12.0 Å². The summed E-state index contributed by atoms with van der Waals surface area (Å²) in [5.41, 5.74) is 2.03. The molecule has 25 heavy (non-hydrogen) atoms. The number of carbonyl (C=O) groups is 2. The monoisotopic (exact) mass is 362 g/mol. The van der Waals surface area contributed by atoms with Crippen LogP contribution in [0.15, 0.2) is 35.2 Å². The molecule has 3 rings (SSSR count). The molecule has 0 bridgehead atoms. The third kappa shape index (κ3) is 3.90. The summed E-state index contributed by atoms with van der Waals surface area (Å²) in [6, 6.07) is 5.97. The molecule has 0 saturated carbocycles. The highest BCUT2D eigenvalue weighted by molar-refractivity contribution is 7.16. The summed E-state index contributed by atoms with van der Waals surface area (Å²) in [6.45, 7) is 3.11. The quantitative estimate of drug-likeness (QED) is 0.776. The highest BCUT2D eigenvalue weighted by Crippen LogP contribution is 2.19. The zero-order chi connectivity index (χ0) is 17.8. The van der Waals surface area contributed by atoms with Gasteiger partial charge in [0.2, 0.25) is 5.76 Å². The van der Waals surface area contributed by atoms with Crippen molar-refractivity contribution in [2.24, 2.45) is 4.99 Å². The molecule has 1 aliphatic rings. The Labute approximate surface area is 148 Å². The van der Waals surface area contributed by atoms with Gasteiger partial charge in [-0.05, 0) is 24.6 Å². The van der Waals surface area contributed by atoms with Crippen molar-refractivity contribution >= 4 is 33.4 Å². The predicted octanol–water partition coefficient (Wildman–Crippen LogP) is 1.89. The van der Waals surface area contributed by atoms with E-state index in [2.05, 4.69) is 4.99 Å². The lowest BCUT2D eigenvalue weighted by Gasteiger charge is -2.12. The van der Waals surface area contributed by atoms with Crippen LogP contribution < -0.4 is 4.80 Å². The maximum Gasteiger partial charge on any atom is 0.317 e. The van der Waals surface area contributed by atoms with E-state index in [4.69, 9.17) is 14.2 Å². The van der Waals surface area contributed by atoms with E-state index in [-0.39, 0.29) is 18.1 Å². The predicted molar refractivity (Wildman–Crippen MR) is 91.7 cm³/mol. The molecule has 2 heterocycles. The number of ether oxygens (including phenoxy) is 3. The Kier molecular flexibility index (Phi) is 5.18. The molecule has 0 aliphatic carbocycles. The van der Waals surface area contributed by atoms with Crippen molar-refractivity contribution in [3.8, 4) is 0 Å². The van der Waals surface area contributed by atoms with Crippen LogP contribution in [0.5, 0.6) is 0 Å². The van der Waals surface area contributed by atoms with Gasteiger partial charge in [-0.25, -0.2) is 0 Å². The minimum atomic E-state index is -0.505. The standard InChI is InChI=1S/C17H18N2O5S/c1-11-3-4-12-14(9-11)25-17(19(12)6-5-15(20)22-2)18-16(21)13-10-23-7-8-24-13/h3-4,9-10H,5-8H2,1-2H3. The summed E-state index contributed by atoms with van der Waals surface area (Å²) >= 11 is 1.39. The first kappa shape index (κ1) is 17.2. The van der Waals surface area contributed by atoms with Gasteiger partial charge in [0.25, 0.3) is 0 Å². The topological polar surface area (TPSA) is 79.1 Å². The average Bonchev–Trinajstić information content (AvgIpc) is 2.96. The summed E-state index contributed by atoms with van der Waals surface area (Å²) in [6.07, 6.45) is 1.48. The van der Waals surface area contributed by atoms with Gasteiger partial charge >= 0.3 is 11.9 Å². The Morgan fingerprint density at radius 2 is 2.20 bits per heavy atom. The molecule has 0 unspecified atom stereocenters. The normalized spacial score (nSPS) is 14.6. The molecule has 0 radical (unpaired) electrons. The lowest BCUT2D eigenvalue weighted by atomic mass is 10.2. The van der Waals surface area contributed by atoms with Gasteiger partial charge in [0, 0.05) is 6.54 Å². The summed E-state index contributed by atoms with van der Waals surface area (Å²) in [4.78, 5) is 28.5. The molecule has 1 amide bonds. The number of aryl methyl sites for hydroxylation is 2. The van der Waals surface area contributed by atoms with Gasteiger partial charge in [-0.1, -0.05) is 17.4 Å². The van der Waals surface area contributed by atoms with Crippen molar-refractivity contribution < 1.29 is 23.8 Å². The molecule has 132 valence electrons. The molecule has 0 fully saturated rings. The molecule has 1 aromatic carbocycles. The van der Waals surface area contributed by atoms with Crippen LogP contribution in [-0.2, 0) is 30.3 Å². The van der Waals surface area contributed by atoms with E-state index in [9.17, 15) is 9.59 Å². The van der Waals surface area contributed by atoms with Gasteiger partial charge in [0.1, 0.15) is 19.5 Å². The number of benzene rings is 1. The minimum absolute atomic E-state index is 0.0828. The SMILES string of the molecule is COC(=O)CCn1c(=NC(=O)C2=COCCO2)sc2cc(C)ccc21. The molecular weight excluding hydrogens is 344 g/mol. The van der Waals surface area contributed by atoms with E-state index in [0.717, 1.165) is 15.8 Å². The number of esters is 1. The van der Waals surface area contributed by atoms with Gasteiger partial charge in [-0.2, -0.15) is 4.99 Å². The maximum absolute atomic E-state index is 12.3. The summed E-state index contributed by atoms with van der Waals surface area (Å²) < 4.78 is 17.9. The zero-order valence-corrected chi connectivity index (χ0v) is 14.8. The van der Waals surface area contributed by atoms with Crippen LogP contribution in [0.3, 0.4) is 0 Å². The summed E-state index contributed by atoms with van der Waals surface area (Å²) in [5, 5.41) is 0. The fourth-order valence-corrected chi connectivity index (χ4v) is 3.56. The van der Waals surface area contributed by atoms with Gasteiger partial charge < -0.3 is 18.8 Å². The fourth-order valence-electron chi connectivity index (χ4n) is 2.41. The molecule has 0 spiro atoms. The molecule has 1 aromatic heterocycles. The number of thiazole rings is 1. The van der Waals surface area contributed by atoms with Crippen LogP contribution in [-0.4, -0.2) is 36.8 Å². The number of fused-ring (bicyclic) bond motifs is 1. The Morgan fingerprint density at radius 3 is 2.92 bits per heavy atom. The van der Waals surface area contributed by atoms with Crippen LogP contribution in [0.25, 0.3) is 10.2 Å². The van der Waals surface area contributed by atoms with E-state index in [0.29, 0.717) is 24.6 Å². The Morgan fingerprint density at radius 1 is 1.36 bits per heavy atom. The van der Waals surface area contributed by atoms with Crippen molar-refractivity contribution in [3.63, 3.8) is 0 Å². The molecule has 0 N–H and O–H groups in total. The molecule has 1 aliphatic heterocycles. The Bertz CT molecular complexity index is 909. The number of aromatic nitrogens is 1. The van der Waals surface area contributed by atoms with Crippen LogP contribution in [0, 0.1) is 6.92 Å². The third-order valence-electron chi connectivity index (χ3n) is 3.66. The zero-order valence-electron chi connectivity index (χ0n) is 14.0. The highest BCUT2D eigenvalue weighted by atomic mass is 32.1. The molecule has 0 saturated heterocycles. The first-order chi connectivity index (χ1) is 12.1. The van der Waals surface area contributed by atoms with E-state index in [1.165, 1.54) is 24.7 Å². The number of carbonyl (C=O) groups excluding carboxylic acids is 2. The lowest BCUT2D eigenvalue weighted by Crippen LogP contribution is -2.21. The van der Waals surface area contributed by atoms with Crippen molar-refractivity contribution in [3.05, 3.63) is 40.6 Å². The maximum atomic E-state index is 12.3. The van der Waals surface area contributed by atoms with Crippen molar-refractivity contribution in [1.82, 2.24) is 4.57 Å². The summed E-state index contributed by atoms with van der Waals surface area (Å²) in [5.74, 6) is -0.739. The van der Waals surface area contributed by atoms with Crippen LogP contribution in [0.2, 0.25) is 0 Å². The minimum Gasteiger partial charge on any atom is -0.494 e. The van der Waals surface area contributed by atoms with Crippen molar-refractivity contribution in [2.75, 3.05) is 20.3 Å². The van der Waals surface area contributed by atoms with E-state index in [1.54, 1.807) is 0 Å². The highest BCUT2D eigenvalue weighted by Gasteiger charge is 2.16. The second-order valence-corrected chi connectivity index (χ2v) is 6.46. The Hall–Kier alpha value is -2.61. The van der Waals surface area contributed by atoms with Gasteiger partial charge in [-0.3, -0.25) is 9.59 Å². The van der Waals surface area contributed by atoms with Gasteiger partial charge in [0.05, 0.1) is 23.7 Å². The van der Waals surface area contributed by atoms with E-state index in [1.807, 2.05) is 29.7 Å². The fraction of sp³-hybridized carbons (Fsp3) is 0.353. The number of hydrogen-bond acceptors (Lipinski definition) is 6. The third-order valence-corrected chi connectivity index (χ3v) is 4.70. The van der Waals surface area contributed by atoms with Crippen molar-refractivity contribution in [1.29, 1.82) is 0 Å².